The molecule has 0 radical (unpaired) electrons. The summed E-state index contributed by atoms with van der Waals surface area (Å²) in [5, 5.41) is 11.8. The second kappa shape index (κ2) is 7.64. The number of benzene rings is 2. The molecule has 2 aliphatic rings. The Morgan fingerprint density at radius 3 is 2.17 bits per heavy atom. The van der Waals surface area contributed by atoms with Crippen LogP contribution in [0.3, 0.4) is 0 Å². The van der Waals surface area contributed by atoms with Gasteiger partial charge in [-0.2, -0.15) is 4.31 Å². The number of sulfonamides is 1. The van der Waals surface area contributed by atoms with E-state index in [1.165, 1.54) is 28.6 Å². The van der Waals surface area contributed by atoms with Crippen LogP contribution in [-0.2, 0) is 20.2 Å². The van der Waals surface area contributed by atoms with Gasteiger partial charge in [0.1, 0.15) is 0 Å². The molecule has 10 heteroatoms. The number of hydrogen-bond donors (Lipinski definition) is 0. The first-order chi connectivity index (χ1) is 14.3. The summed E-state index contributed by atoms with van der Waals surface area (Å²) in [6.45, 7) is 0.676. The molecule has 30 heavy (non-hydrogen) atoms. The first-order valence-corrected chi connectivity index (χ1v) is 11.4. The Hall–Kier alpha value is -2.49. The SMILES string of the molecule is O=C(N1CCN(S(=O)(=O)c2ccccc2[N+](=O)[O-])CC1)C1(c2ccc(Cl)cc2)CC1. The van der Waals surface area contributed by atoms with E-state index in [1.807, 2.05) is 12.1 Å². The molecule has 0 atom stereocenters. The van der Waals surface area contributed by atoms with Gasteiger partial charge in [-0.25, -0.2) is 8.42 Å². The van der Waals surface area contributed by atoms with E-state index in [2.05, 4.69) is 0 Å². The highest BCUT2D eigenvalue weighted by atomic mass is 35.5. The van der Waals surface area contributed by atoms with Crippen molar-refractivity contribution in [3.05, 3.63) is 69.2 Å². The maximum absolute atomic E-state index is 13.2. The normalized spacial score (nSPS) is 18.8. The number of nitro groups is 1. The maximum atomic E-state index is 13.2. The molecule has 1 saturated carbocycles. The van der Waals surface area contributed by atoms with Crippen LogP contribution in [0.5, 0.6) is 0 Å². The zero-order valence-electron chi connectivity index (χ0n) is 16.0. The zero-order valence-corrected chi connectivity index (χ0v) is 17.6. The summed E-state index contributed by atoms with van der Waals surface area (Å²) in [6.07, 6.45) is 1.50. The van der Waals surface area contributed by atoms with Gasteiger partial charge in [0.25, 0.3) is 5.69 Å². The molecule has 0 spiro atoms. The molecule has 4 rings (SSSR count). The lowest BCUT2D eigenvalue weighted by molar-refractivity contribution is -0.387. The third-order valence-electron chi connectivity index (χ3n) is 5.76. The van der Waals surface area contributed by atoms with E-state index in [1.54, 1.807) is 17.0 Å². The number of carbonyl (C=O) groups excluding carboxylic acids is 1. The number of para-hydroxylation sites is 1. The Kier molecular flexibility index (Phi) is 5.29. The minimum absolute atomic E-state index is 0.00689. The van der Waals surface area contributed by atoms with Gasteiger partial charge < -0.3 is 4.90 Å². The predicted molar refractivity (Wildman–Crippen MR) is 111 cm³/mol. The van der Waals surface area contributed by atoms with Crippen LogP contribution in [0.1, 0.15) is 18.4 Å². The van der Waals surface area contributed by atoms with E-state index >= 15 is 0 Å². The molecule has 2 aromatic rings. The number of piperazine rings is 1. The molecule has 1 heterocycles. The molecule has 0 N–H and O–H groups in total. The van der Waals surface area contributed by atoms with E-state index in [9.17, 15) is 23.3 Å². The molecule has 2 fully saturated rings. The minimum Gasteiger partial charge on any atom is -0.339 e. The van der Waals surface area contributed by atoms with Crippen LogP contribution in [0.4, 0.5) is 5.69 Å². The van der Waals surface area contributed by atoms with Crippen LogP contribution in [0, 0.1) is 10.1 Å². The van der Waals surface area contributed by atoms with Crippen LogP contribution in [0.15, 0.2) is 53.4 Å². The van der Waals surface area contributed by atoms with Crippen LogP contribution in [0.2, 0.25) is 5.02 Å². The highest BCUT2D eigenvalue weighted by molar-refractivity contribution is 7.89. The molecule has 1 aliphatic heterocycles. The molecule has 2 aromatic carbocycles. The Morgan fingerprint density at radius 2 is 1.60 bits per heavy atom. The number of hydrogen-bond acceptors (Lipinski definition) is 5. The van der Waals surface area contributed by atoms with E-state index in [0.29, 0.717) is 5.02 Å². The lowest BCUT2D eigenvalue weighted by Crippen LogP contribution is -2.52. The number of rotatable bonds is 5. The number of amides is 1. The van der Waals surface area contributed by atoms with Crippen LogP contribution < -0.4 is 0 Å². The number of carbonyl (C=O) groups is 1. The average molecular weight is 450 g/mol. The molecule has 0 aromatic heterocycles. The second-order valence-corrected chi connectivity index (χ2v) is 9.85. The van der Waals surface area contributed by atoms with E-state index in [0.717, 1.165) is 18.4 Å². The highest BCUT2D eigenvalue weighted by Gasteiger charge is 2.53. The minimum atomic E-state index is -4.02. The molecule has 1 amide bonds. The van der Waals surface area contributed by atoms with E-state index < -0.39 is 26.0 Å². The summed E-state index contributed by atoms with van der Waals surface area (Å²) in [5.74, 6) is -0.00689. The van der Waals surface area contributed by atoms with Crippen LogP contribution in [0.25, 0.3) is 0 Å². The highest BCUT2D eigenvalue weighted by Crippen LogP contribution is 2.50. The first kappa shape index (κ1) is 20.8. The fourth-order valence-electron chi connectivity index (χ4n) is 3.92. The van der Waals surface area contributed by atoms with Crippen LogP contribution >= 0.6 is 11.6 Å². The van der Waals surface area contributed by atoms with Gasteiger partial charge in [-0.15, -0.1) is 0 Å². The molecule has 1 aliphatic carbocycles. The van der Waals surface area contributed by atoms with Crippen molar-refractivity contribution in [2.75, 3.05) is 26.2 Å². The first-order valence-electron chi connectivity index (χ1n) is 9.55. The third-order valence-corrected chi connectivity index (χ3v) is 7.96. The van der Waals surface area contributed by atoms with Gasteiger partial charge >= 0.3 is 0 Å². The topological polar surface area (TPSA) is 101 Å². The largest absolute Gasteiger partial charge is 0.339 e. The summed E-state index contributed by atoms with van der Waals surface area (Å²) in [5.41, 5.74) is -0.0772. The fraction of sp³-hybridized carbons (Fsp3) is 0.350. The second-order valence-electron chi connectivity index (χ2n) is 7.51. The number of halogens is 1. The van der Waals surface area contributed by atoms with Gasteiger partial charge in [-0.3, -0.25) is 14.9 Å². The predicted octanol–water partition coefficient (Wildman–Crippen LogP) is 2.81. The lowest BCUT2D eigenvalue weighted by Gasteiger charge is -2.36. The summed E-state index contributed by atoms with van der Waals surface area (Å²) in [7, 11) is -4.02. The summed E-state index contributed by atoms with van der Waals surface area (Å²) in [6, 6.07) is 12.6. The molecule has 0 unspecified atom stereocenters. The summed E-state index contributed by atoms with van der Waals surface area (Å²) in [4.78, 5) is 25.1. The zero-order chi connectivity index (χ0) is 21.5. The van der Waals surface area contributed by atoms with E-state index in [4.69, 9.17) is 11.6 Å². The van der Waals surface area contributed by atoms with E-state index in [-0.39, 0.29) is 37.0 Å². The molecule has 8 nitrogen and oxygen atoms in total. The van der Waals surface area contributed by atoms with Gasteiger partial charge in [0.15, 0.2) is 4.90 Å². The molecule has 0 bridgehead atoms. The van der Waals surface area contributed by atoms with Crippen molar-refractivity contribution in [2.45, 2.75) is 23.2 Å². The fourth-order valence-corrected chi connectivity index (χ4v) is 5.62. The van der Waals surface area contributed by atoms with Gasteiger partial charge in [0, 0.05) is 37.3 Å². The molecule has 158 valence electrons. The average Bonchev–Trinajstić information content (AvgIpc) is 3.56. The quantitative estimate of drug-likeness (QED) is 0.516. The van der Waals surface area contributed by atoms with Crippen molar-refractivity contribution in [3.63, 3.8) is 0 Å². The third kappa shape index (κ3) is 3.57. The Bertz CT molecular complexity index is 1090. The van der Waals surface area contributed by atoms with Crippen molar-refractivity contribution in [1.29, 1.82) is 0 Å². The Labute approximate surface area is 179 Å². The maximum Gasteiger partial charge on any atom is 0.289 e. The molecule has 1 saturated heterocycles. The van der Waals surface area contributed by atoms with Gasteiger partial charge in [0.05, 0.1) is 10.3 Å². The van der Waals surface area contributed by atoms with Gasteiger partial charge in [-0.05, 0) is 36.6 Å². The summed E-state index contributed by atoms with van der Waals surface area (Å²) < 4.78 is 27.1. The lowest BCUT2D eigenvalue weighted by atomic mass is 9.94. The Balaban J connectivity index is 1.48. The smallest absolute Gasteiger partial charge is 0.289 e. The van der Waals surface area contributed by atoms with Crippen molar-refractivity contribution in [1.82, 2.24) is 9.21 Å². The van der Waals surface area contributed by atoms with Crippen molar-refractivity contribution >= 4 is 33.2 Å². The van der Waals surface area contributed by atoms with Crippen molar-refractivity contribution < 1.29 is 18.1 Å². The van der Waals surface area contributed by atoms with Crippen molar-refractivity contribution in [3.8, 4) is 0 Å². The van der Waals surface area contributed by atoms with Crippen molar-refractivity contribution in [2.24, 2.45) is 0 Å². The Morgan fingerprint density at radius 1 is 1.00 bits per heavy atom. The number of nitro benzene ring substituents is 1. The van der Waals surface area contributed by atoms with Crippen LogP contribution in [-0.4, -0.2) is 54.6 Å². The summed E-state index contributed by atoms with van der Waals surface area (Å²) >= 11 is 5.95. The van der Waals surface area contributed by atoms with Gasteiger partial charge in [-0.1, -0.05) is 35.9 Å². The standard InChI is InChI=1S/C20H20ClN3O5S/c21-16-7-5-15(6-8-16)20(9-10-20)19(25)22-11-13-23(14-12-22)30(28,29)18-4-2-1-3-17(18)24(26)27/h1-8H,9-14H2. The monoisotopic (exact) mass is 449 g/mol. The molecular weight excluding hydrogens is 430 g/mol. The van der Waals surface area contributed by atoms with Gasteiger partial charge in [0.2, 0.25) is 15.9 Å². The number of nitrogens with zero attached hydrogens (tertiary/aromatic N) is 3. The molecular formula is C20H20ClN3O5S.